The summed E-state index contributed by atoms with van der Waals surface area (Å²) >= 11 is 0. The minimum atomic E-state index is -0.513. The highest BCUT2D eigenvalue weighted by molar-refractivity contribution is 6.05. The van der Waals surface area contributed by atoms with E-state index in [0.29, 0.717) is 51.5 Å². The van der Waals surface area contributed by atoms with Crippen molar-refractivity contribution in [2.24, 2.45) is 0 Å². The fourth-order valence-corrected chi connectivity index (χ4v) is 4.38. The number of hydrogen-bond acceptors (Lipinski definition) is 6. The summed E-state index contributed by atoms with van der Waals surface area (Å²) in [5.41, 5.74) is 5.09. The summed E-state index contributed by atoms with van der Waals surface area (Å²) in [7, 11) is 0. The van der Waals surface area contributed by atoms with Gasteiger partial charge in [0.1, 0.15) is 12.4 Å². The first-order chi connectivity index (χ1) is 18.5. The van der Waals surface area contributed by atoms with E-state index in [0.717, 1.165) is 11.3 Å². The van der Waals surface area contributed by atoms with Gasteiger partial charge in [0.15, 0.2) is 11.4 Å². The molecule has 3 aromatic carbocycles. The second-order valence-electron chi connectivity index (χ2n) is 8.84. The number of ketones is 1. The van der Waals surface area contributed by atoms with Crippen molar-refractivity contribution in [2.45, 2.75) is 27.4 Å². The van der Waals surface area contributed by atoms with Crippen LogP contribution >= 0.6 is 0 Å². The quantitative estimate of drug-likeness (QED) is 0.180. The minimum absolute atomic E-state index is 0.0500. The molecular formula is C31H27N3O4. The fraction of sp³-hybridized carbons (Fsp3) is 0.161. The van der Waals surface area contributed by atoms with E-state index in [1.807, 2.05) is 74.5 Å². The van der Waals surface area contributed by atoms with Crippen LogP contribution in [0.25, 0.3) is 28.0 Å². The number of fused-ring (bicyclic) bond motifs is 1. The first-order valence-corrected chi connectivity index (χ1v) is 12.4. The molecule has 2 heterocycles. The Morgan fingerprint density at radius 1 is 0.921 bits per heavy atom. The van der Waals surface area contributed by atoms with Gasteiger partial charge in [0, 0.05) is 16.7 Å². The molecule has 0 N–H and O–H groups in total. The van der Waals surface area contributed by atoms with Crippen LogP contribution in [0.3, 0.4) is 0 Å². The second-order valence-corrected chi connectivity index (χ2v) is 8.84. The lowest BCUT2D eigenvalue weighted by atomic mass is 10.1. The van der Waals surface area contributed by atoms with Gasteiger partial charge in [0.25, 0.3) is 0 Å². The molecule has 190 valence electrons. The third kappa shape index (κ3) is 4.91. The van der Waals surface area contributed by atoms with Gasteiger partial charge in [0.2, 0.25) is 0 Å². The number of nitrogens with zero attached hydrogens (tertiary/aromatic N) is 3. The highest BCUT2D eigenvalue weighted by atomic mass is 16.5. The molecule has 0 fully saturated rings. The Morgan fingerprint density at radius 2 is 1.63 bits per heavy atom. The van der Waals surface area contributed by atoms with Crippen molar-refractivity contribution in [1.82, 2.24) is 14.8 Å². The summed E-state index contributed by atoms with van der Waals surface area (Å²) in [6, 6.07) is 26.2. The molecule has 7 heteroatoms. The molecule has 0 unspecified atom stereocenters. The number of aromatic nitrogens is 3. The molecule has 0 spiro atoms. The Hall–Kier alpha value is -4.78. The van der Waals surface area contributed by atoms with E-state index >= 15 is 0 Å². The molecule has 0 aliphatic heterocycles. The van der Waals surface area contributed by atoms with Gasteiger partial charge in [-0.05, 0) is 57.2 Å². The lowest BCUT2D eigenvalue weighted by Crippen LogP contribution is -2.09. The Morgan fingerprint density at radius 3 is 2.32 bits per heavy atom. The number of pyridine rings is 1. The van der Waals surface area contributed by atoms with Gasteiger partial charge in [-0.1, -0.05) is 48.5 Å². The molecular weight excluding hydrogens is 478 g/mol. The van der Waals surface area contributed by atoms with E-state index in [1.165, 1.54) is 6.92 Å². The van der Waals surface area contributed by atoms with Crippen LogP contribution in [0.4, 0.5) is 0 Å². The molecule has 38 heavy (non-hydrogen) atoms. The Balaban J connectivity index is 1.59. The van der Waals surface area contributed by atoms with Crippen LogP contribution in [0, 0.1) is 6.92 Å². The SMILES string of the molecule is CCOc1ccc(C(C)=O)cc1COC(=O)c1cc(-c2ccccc2)nc2c1c(C)nn2-c1ccccc1. The zero-order valence-electron chi connectivity index (χ0n) is 21.5. The number of rotatable bonds is 8. The van der Waals surface area contributed by atoms with E-state index in [4.69, 9.17) is 19.6 Å². The van der Waals surface area contributed by atoms with Crippen molar-refractivity contribution in [1.29, 1.82) is 0 Å². The monoisotopic (exact) mass is 505 g/mol. The summed E-state index contributed by atoms with van der Waals surface area (Å²) in [5.74, 6) is -0.0166. The predicted molar refractivity (Wildman–Crippen MR) is 146 cm³/mol. The summed E-state index contributed by atoms with van der Waals surface area (Å²) in [5, 5.41) is 5.34. The average molecular weight is 506 g/mol. The number of Topliss-reactive ketones (excluding diaryl/α,β-unsaturated/α-hetero) is 1. The third-order valence-electron chi connectivity index (χ3n) is 6.23. The van der Waals surface area contributed by atoms with Crippen molar-refractivity contribution < 1.29 is 19.1 Å². The summed E-state index contributed by atoms with van der Waals surface area (Å²) in [6.45, 7) is 5.62. The zero-order valence-corrected chi connectivity index (χ0v) is 21.5. The van der Waals surface area contributed by atoms with Gasteiger partial charge >= 0.3 is 5.97 Å². The summed E-state index contributed by atoms with van der Waals surface area (Å²) < 4.78 is 13.3. The van der Waals surface area contributed by atoms with Gasteiger partial charge < -0.3 is 9.47 Å². The van der Waals surface area contributed by atoms with Gasteiger partial charge in [0.05, 0.1) is 34.6 Å². The number of benzene rings is 3. The van der Waals surface area contributed by atoms with Gasteiger partial charge in [-0.15, -0.1) is 0 Å². The van der Waals surface area contributed by atoms with E-state index in [-0.39, 0.29) is 12.4 Å². The number of para-hydroxylation sites is 1. The summed E-state index contributed by atoms with van der Waals surface area (Å²) in [4.78, 5) is 30.5. The third-order valence-corrected chi connectivity index (χ3v) is 6.23. The topological polar surface area (TPSA) is 83.3 Å². The molecule has 0 saturated carbocycles. The first kappa shape index (κ1) is 24.9. The number of aryl methyl sites for hydroxylation is 1. The molecule has 0 saturated heterocycles. The molecule has 5 aromatic rings. The normalized spacial score (nSPS) is 10.9. The Labute approximate surface area is 220 Å². The van der Waals surface area contributed by atoms with Crippen molar-refractivity contribution >= 4 is 22.8 Å². The van der Waals surface area contributed by atoms with Crippen LogP contribution in [0.5, 0.6) is 5.75 Å². The van der Waals surface area contributed by atoms with Crippen LogP contribution < -0.4 is 4.74 Å². The molecule has 0 bridgehead atoms. The lowest BCUT2D eigenvalue weighted by molar-refractivity contribution is 0.0472. The highest BCUT2D eigenvalue weighted by Gasteiger charge is 2.22. The first-order valence-electron chi connectivity index (χ1n) is 12.4. The molecule has 0 atom stereocenters. The van der Waals surface area contributed by atoms with Crippen molar-refractivity contribution in [3.05, 3.63) is 107 Å². The van der Waals surface area contributed by atoms with E-state index in [2.05, 4.69) is 0 Å². The van der Waals surface area contributed by atoms with Gasteiger partial charge in [-0.2, -0.15) is 5.10 Å². The van der Waals surface area contributed by atoms with E-state index in [1.54, 1.807) is 28.9 Å². The molecule has 0 aliphatic rings. The number of esters is 1. The molecule has 2 aromatic heterocycles. The van der Waals surface area contributed by atoms with Crippen LogP contribution in [-0.4, -0.2) is 33.1 Å². The van der Waals surface area contributed by atoms with Crippen LogP contribution in [0.2, 0.25) is 0 Å². The van der Waals surface area contributed by atoms with E-state index in [9.17, 15) is 9.59 Å². The standard InChI is InChI=1S/C31H27N3O4/c1-4-37-28-16-15-23(21(3)35)17-24(28)19-38-31(36)26-18-27(22-11-7-5-8-12-22)32-30-29(26)20(2)33-34(30)25-13-9-6-10-14-25/h5-18H,4,19H2,1-3H3. The second kappa shape index (κ2) is 10.7. The molecule has 5 rings (SSSR count). The molecule has 7 nitrogen and oxygen atoms in total. The zero-order chi connectivity index (χ0) is 26.6. The molecule has 0 aliphatic carbocycles. The number of hydrogen-bond donors (Lipinski definition) is 0. The van der Waals surface area contributed by atoms with Crippen molar-refractivity contribution in [3.8, 4) is 22.7 Å². The van der Waals surface area contributed by atoms with Crippen LogP contribution in [0.1, 0.15) is 45.8 Å². The average Bonchev–Trinajstić information content (AvgIpc) is 3.29. The fourth-order valence-electron chi connectivity index (χ4n) is 4.38. The molecule has 0 amide bonds. The smallest absolute Gasteiger partial charge is 0.339 e. The maximum absolute atomic E-state index is 13.6. The van der Waals surface area contributed by atoms with Crippen molar-refractivity contribution in [2.75, 3.05) is 6.61 Å². The van der Waals surface area contributed by atoms with Crippen molar-refractivity contribution in [3.63, 3.8) is 0 Å². The Bertz CT molecular complexity index is 1630. The van der Waals surface area contributed by atoms with Gasteiger partial charge in [-0.3, -0.25) is 4.79 Å². The maximum atomic E-state index is 13.6. The predicted octanol–water partition coefficient (Wildman–Crippen LogP) is 6.35. The van der Waals surface area contributed by atoms with E-state index < -0.39 is 5.97 Å². The minimum Gasteiger partial charge on any atom is -0.493 e. The number of carbonyl (C=O) groups is 2. The number of ether oxygens (including phenoxy) is 2. The molecule has 0 radical (unpaired) electrons. The lowest BCUT2D eigenvalue weighted by Gasteiger charge is -2.13. The van der Waals surface area contributed by atoms with Gasteiger partial charge in [-0.25, -0.2) is 14.5 Å². The maximum Gasteiger partial charge on any atom is 0.339 e. The Kier molecular flexibility index (Phi) is 7.00. The van der Waals surface area contributed by atoms with Crippen LogP contribution in [0.15, 0.2) is 84.9 Å². The summed E-state index contributed by atoms with van der Waals surface area (Å²) in [6.07, 6.45) is 0. The number of carbonyl (C=O) groups excluding carboxylic acids is 2. The highest BCUT2D eigenvalue weighted by Crippen LogP contribution is 2.30. The largest absolute Gasteiger partial charge is 0.493 e. The van der Waals surface area contributed by atoms with Crippen LogP contribution in [-0.2, 0) is 11.3 Å².